The zero-order chi connectivity index (χ0) is 12.3. The highest BCUT2D eigenvalue weighted by molar-refractivity contribution is 5.25. The predicted octanol–water partition coefficient (Wildman–Crippen LogP) is 3.97. The summed E-state index contributed by atoms with van der Waals surface area (Å²) in [5, 5.41) is 3.46. The molecule has 2 rings (SSSR count). The Morgan fingerprint density at radius 1 is 1.41 bits per heavy atom. The van der Waals surface area contributed by atoms with Crippen LogP contribution >= 0.6 is 0 Å². The largest absolute Gasteiger partial charge is 0.310 e. The molecule has 0 aliphatic heterocycles. The van der Waals surface area contributed by atoms with Crippen molar-refractivity contribution >= 4 is 0 Å². The Morgan fingerprint density at radius 2 is 2.18 bits per heavy atom. The molecule has 1 aromatic rings. The van der Waals surface area contributed by atoms with Crippen LogP contribution in [0.2, 0.25) is 0 Å². The van der Waals surface area contributed by atoms with Crippen molar-refractivity contribution < 1.29 is 4.39 Å². The van der Waals surface area contributed by atoms with E-state index in [9.17, 15) is 4.39 Å². The van der Waals surface area contributed by atoms with E-state index in [2.05, 4.69) is 12.2 Å². The molecule has 2 heteroatoms. The molecule has 1 nitrogen and oxygen atoms in total. The van der Waals surface area contributed by atoms with Crippen molar-refractivity contribution in [2.24, 2.45) is 5.92 Å². The minimum Gasteiger partial charge on any atom is -0.310 e. The molecule has 1 N–H and O–H groups in total. The topological polar surface area (TPSA) is 12.0 Å². The summed E-state index contributed by atoms with van der Waals surface area (Å²) in [6, 6.07) is 5.75. The lowest BCUT2D eigenvalue weighted by atomic mass is 10.1. The molecule has 1 saturated carbocycles. The van der Waals surface area contributed by atoms with E-state index in [1.165, 1.54) is 25.7 Å². The molecule has 0 bridgehead atoms. The monoisotopic (exact) mass is 235 g/mol. The van der Waals surface area contributed by atoms with Gasteiger partial charge in [0.1, 0.15) is 5.82 Å². The molecule has 1 fully saturated rings. The number of hydrogen-bond donors (Lipinski definition) is 1. The van der Waals surface area contributed by atoms with Crippen molar-refractivity contribution in [3.8, 4) is 0 Å². The van der Waals surface area contributed by atoms with Gasteiger partial charge in [0.2, 0.25) is 0 Å². The van der Waals surface area contributed by atoms with E-state index in [4.69, 9.17) is 0 Å². The minimum absolute atomic E-state index is 0.103. The molecule has 1 aliphatic rings. The van der Waals surface area contributed by atoms with Gasteiger partial charge < -0.3 is 5.32 Å². The Bertz CT molecular complexity index is 371. The zero-order valence-corrected chi connectivity index (χ0v) is 10.8. The second-order valence-corrected chi connectivity index (χ2v) is 5.27. The first kappa shape index (κ1) is 12.6. The Hall–Kier alpha value is -0.890. The maximum Gasteiger partial charge on any atom is 0.126 e. The summed E-state index contributed by atoms with van der Waals surface area (Å²) >= 11 is 0. The smallest absolute Gasteiger partial charge is 0.126 e. The summed E-state index contributed by atoms with van der Waals surface area (Å²) < 4.78 is 13.4. The van der Waals surface area contributed by atoms with Crippen LogP contribution in [0.3, 0.4) is 0 Å². The van der Waals surface area contributed by atoms with Crippen LogP contribution in [0.25, 0.3) is 0 Å². The average molecular weight is 235 g/mol. The van der Waals surface area contributed by atoms with Gasteiger partial charge in [-0.05, 0) is 56.3 Å². The number of benzene rings is 1. The molecule has 1 unspecified atom stereocenters. The van der Waals surface area contributed by atoms with E-state index < -0.39 is 0 Å². The maximum atomic E-state index is 13.4. The van der Waals surface area contributed by atoms with Crippen LogP contribution in [0.4, 0.5) is 4.39 Å². The second-order valence-electron chi connectivity index (χ2n) is 5.27. The van der Waals surface area contributed by atoms with E-state index in [-0.39, 0.29) is 11.9 Å². The molecule has 0 amide bonds. The van der Waals surface area contributed by atoms with E-state index in [1.54, 1.807) is 13.0 Å². The van der Waals surface area contributed by atoms with Crippen molar-refractivity contribution in [3.05, 3.63) is 35.1 Å². The lowest BCUT2D eigenvalue weighted by Gasteiger charge is -2.14. The molecule has 1 atom stereocenters. The number of hydrogen-bond acceptors (Lipinski definition) is 1. The Kier molecular flexibility index (Phi) is 4.16. The highest BCUT2D eigenvalue weighted by Gasteiger charge is 2.20. The highest BCUT2D eigenvalue weighted by Crippen LogP contribution is 2.33. The van der Waals surface area contributed by atoms with Crippen LogP contribution in [0.15, 0.2) is 18.2 Å². The number of halogens is 1. The summed E-state index contributed by atoms with van der Waals surface area (Å²) in [5.74, 6) is 0.901. The summed E-state index contributed by atoms with van der Waals surface area (Å²) in [6.45, 7) is 4.93. The average Bonchev–Trinajstić information content (AvgIpc) is 3.12. The Balaban J connectivity index is 1.76. The van der Waals surface area contributed by atoms with Gasteiger partial charge in [-0.1, -0.05) is 25.0 Å². The van der Waals surface area contributed by atoms with Crippen LogP contribution < -0.4 is 5.32 Å². The number of nitrogens with one attached hydrogen (secondary N) is 1. The molecule has 17 heavy (non-hydrogen) atoms. The molecule has 1 aliphatic carbocycles. The third-order valence-corrected chi connectivity index (χ3v) is 3.63. The third kappa shape index (κ3) is 3.81. The van der Waals surface area contributed by atoms with Gasteiger partial charge in [0.05, 0.1) is 0 Å². The number of rotatable bonds is 6. The van der Waals surface area contributed by atoms with Gasteiger partial charge in [0, 0.05) is 6.04 Å². The van der Waals surface area contributed by atoms with E-state index in [0.717, 1.165) is 23.6 Å². The van der Waals surface area contributed by atoms with Crippen LogP contribution in [0.1, 0.15) is 49.8 Å². The van der Waals surface area contributed by atoms with E-state index in [1.807, 2.05) is 12.1 Å². The van der Waals surface area contributed by atoms with Gasteiger partial charge in [0.15, 0.2) is 0 Å². The molecule has 94 valence electrons. The van der Waals surface area contributed by atoms with Crippen LogP contribution in [0, 0.1) is 18.7 Å². The Morgan fingerprint density at radius 3 is 2.82 bits per heavy atom. The molecule has 1 aromatic carbocycles. The highest BCUT2D eigenvalue weighted by atomic mass is 19.1. The van der Waals surface area contributed by atoms with E-state index >= 15 is 0 Å². The first-order valence-electron chi connectivity index (χ1n) is 6.66. The normalized spacial score (nSPS) is 17.1. The summed E-state index contributed by atoms with van der Waals surface area (Å²) in [7, 11) is 0. The fourth-order valence-electron chi connectivity index (χ4n) is 2.11. The molecule has 0 heterocycles. The second kappa shape index (κ2) is 5.63. The molecule has 0 saturated heterocycles. The molecule has 0 radical (unpaired) electrons. The third-order valence-electron chi connectivity index (χ3n) is 3.63. The standard InChI is InChI=1S/C15H22FN/c1-11-5-8-14(10-15(11)16)12(2)17-9-3-4-13-6-7-13/h5,8,10,12-13,17H,3-4,6-7,9H2,1-2H3. The van der Waals surface area contributed by atoms with E-state index in [0.29, 0.717) is 0 Å². The summed E-state index contributed by atoms with van der Waals surface area (Å²) in [4.78, 5) is 0. The quantitative estimate of drug-likeness (QED) is 0.735. The van der Waals surface area contributed by atoms with Crippen LogP contribution in [0.5, 0.6) is 0 Å². The van der Waals surface area contributed by atoms with Gasteiger partial charge in [-0.2, -0.15) is 0 Å². The molecular formula is C15H22FN. The van der Waals surface area contributed by atoms with Crippen LogP contribution in [-0.4, -0.2) is 6.54 Å². The van der Waals surface area contributed by atoms with Crippen molar-refractivity contribution in [1.29, 1.82) is 0 Å². The van der Waals surface area contributed by atoms with Crippen molar-refractivity contribution in [3.63, 3.8) is 0 Å². The summed E-state index contributed by atoms with van der Waals surface area (Å²) in [6.07, 6.45) is 5.45. The van der Waals surface area contributed by atoms with Gasteiger partial charge in [-0.25, -0.2) is 4.39 Å². The van der Waals surface area contributed by atoms with Gasteiger partial charge in [0.25, 0.3) is 0 Å². The lowest BCUT2D eigenvalue weighted by Crippen LogP contribution is -2.20. The lowest BCUT2D eigenvalue weighted by molar-refractivity contribution is 0.529. The van der Waals surface area contributed by atoms with Crippen molar-refractivity contribution in [1.82, 2.24) is 5.32 Å². The predicted molar refractivity (Wildman–Crippen MR) is 69.5 cm³/mol. The molecular weight excluding hydrogens is 213 g/mol. The van der Waals surface area contributed by atoms with Crippen molar-refractivity contribution in [2.75, 3.05) is 6.54 Å². The first-order chi connectivity index (χ1) is 8.16. The van der Waals surface area contributed by atoms with Gasteiger partial charge >= 0.3 is 0 Å². The molecule has 0 aromatic heterocycles. The fourth-order valence-corrected chi connectivity index (χ4v) is 2.11. The van der Waals surface area contributed by atoms with Crippen molar-refractivity contribution in [2.45, 2.75) is 45.6 Å². The number of aryl methyl sites for hydroxylation is 1. The SMILES string of the molecule is Cc1ccc(C(C)NCCCC2CC2)cc1F. The van der Waals surface area contributed by atoms with Crippen LogP contribution in [-0.2, 0) is 0 Å². The maximum absolute atomic E-state index is 13.4. The first-order valence-corrected chi connectivity index (χ1v) is 6.66. The minimum atomic E-state index is -0.103. The molecule has 0 spiro atoms. The van der Waals surface area contributed by atoms with Gasteiger partial charge in [-0.15, -0.1) is 0 Å². The zero-order valence-electron chi connectivity index (χ0n) is 10.8. The fraction of sp³-hybridized carbons (Fsp3) is 0.600. The van der Waals surface area contributed by atoms with Gasteiger partial charge in [-0.3, -0.25) is 0 Å². The Labute approximate surface area is 103 Å². The summed E-state index contributed by atoms with van der Waals surface area (Å²) in [5.41, 5.74) is 1.76.